The number of methoxy groups -OCH3 is 1. The Balaban J connectivity index is 1.57. The van der Waals surface area contributed by atoms with Crippen LogP contribution in [0, 0.1) is 10.1 Å². The molecule has 2 unspecified atom stereocenters. The van der Waals surface area contributed by atoms with Crippen LogP contribution in [0.4, 0.5) is 5.69 Å². The summed E-state index contributed by atoms with van der Waals surface area (Å²) in [4.78, 5) is 10.6. The van der Waals surface area contributed by atoms with Crippen LogP contribution < -0.4 is 9.47 Å². The van der Waals surface area contributed by atoms with Crippen LogP contribution in [0.15, 0.2) is 76.3 Å². The fraction of sp³-hybridized carbons (Fsp3) is 0.174. The van der Waals surface area contributed by atoms with E-state index in [-0.39, 0.29) is 11.7 Å². The molecule has 3 aromatic carbocycles. The van der Waals surface area contributed by atoms with Crippen molar-refractivity contribution >= 4 is 27.3 Å². The smallest absolute Gasteiger partial charge is 0.269 e. The van der Waals surface area contributed by atoms with E-state index in [1.54, 1.807) is 19.2 Å². The monoisotopic (exact) mass is 479 g/mol. The molecule has 0 saturated heterocycles. The molecule has 0 aromatic heterocycles. The Morgan fingerprint density at radius 2 is 1.97 bits per heavy atom. The highest BCUT2D eigenvalue weighted by Gasteiger charge is 2.41. The fourth-order valence-electron chi connectivity index (χ4n) is 4.02. The molecule has 31 heavy (non-hydrogen) atoms. The number of halogens is 1. The molecule has 2 atom stereocenters. The summed E-state index contributed by atoms with van der Waals surface area (Å²) in [7, 11) is 1.64. The number of hydrogen-bond acceptors (Lipinski definition) is 6. The van der Waals surface area contributed by atoms with Crippen LogP contribution in [0.1, 0.15) is 35.4 Å². The van der Waals surface area contributed by atoms with Gasteiger partial charge in [0.25, 0.3) is 5.69 Å². The first kappa shape index (κ1) is 19.6. The summed E-state index contributed by atoms with van der Waals surface area (Å²) in [5.41, 5.74) is 3.83. The lowest BCUT2D eigenvalue weighted by atomic mass is 9.96. The Morgan fingerprint density at radius 3 is 2.71 bits per heavy atom. The summed E-state index contributed by atoms with van der Waals surface area (Å²) in [6, 6.07) is 20.2. The lowest BCUT2D eigenvalue weighted by molar-refractivity contribution is -0.384. The SMILES string of the molecule is COc1cccc(C2=NN3C(C2)c2cc(Br)ccc2OC3c2ccc([N+](=O)[O-])cc2)c1. The molecular weight excluding hydrogens is 462 g/mol. The Labute approximate surface area is 187 Å². The van der Waals surface area contributed by atoms with Gasteiger partial charge in [0.1, 0.15) is 11.5 Å². The van der Waals surface area contributed by atoms with Gasteiger partial charge in [-0.2, -0.15) is 5.10 Å². The van der Waals surface area contributed by atoms with Gasteiger partial charge < -0.3 is 9.47 Å². The van der Waals surface area contributed by atoms with E-state index in [0.29, 0.717) is 6.42 Å². The number of hydrazone groups is 1. The summed E-state index contributed by atoms with van der Waals surface area (Å²) in [5.74, 6) is 1.56. The molecule has 156 valence electrons. The maximum atomic E-state index is 11.0. The number of fused-ring (bicyclic) bond motifs is 3. The largest absolute Gasteiger partial charge is 0.497 e. The second-order valence-electron chi connectivity index (χ2n) is 7.38. The minimum absolute atomic E-state index is 0.0114. The van der Waals surface area contributed by atoms with Crippen molar-refractivity contribution in [3.63, 3.8) is 0 Å². The molecule has 0 N–H and O–H groups in total. The average Bonchev–Trinajstić information content (AvgIpc) is 3.25. The molecule has 5 rings (SSSR count). The zero-order valence-electron chi connectivity index (χ0n) is 16.6. The van der Waals surface area contributed by atoms with Crippen molar-refractivity contribution in [1.29, 1.82) is 0 Å². The molecular formula is C23H18BrN3O4. The van der Waals surface area contributed by atoms with Gasteiger partial charge in [-0.05, 0) is 42.5 Å². The highest BCUT2D eigenvalue weighted by molar-refractivity contribution is 9.10. The molecule has 0 fully saturated rings. The van der Waals surface area contributed by atoms with Gasteiger partial charge >= 0.3 is 0 Å². The Kier molecular flexibility index (Phi) is 4.86. The summed E-state index contributed by atoms with van der Waals surface area (Å²) < 4.78 is 12.7. The first-order valence-corrected chi connectivity index (χ1v) is 10.5. The summed E-state index contributed by atoms with van der Waals surface area (Å²) in [6.07, 6.45) is 0.228. The summed E-state index contributed by atoms with van der Waals surface area (Å²) in [6.45, 7) is 0. The van der Waals surface area contributed by atoms with Gasteiger partial charge in [-0.15, -0.1) is 0 Å². The minimum Gasteiger partial charge on any atom is -0.497 e. The lowest BCUT2D eigenvalue weighted by Crippen LogP contribution is -2.33. The Bertz CT molecular complexity index is 1200. The molecule has 0 spiro atoms. The van der Waals surface area contributed by atoms with Gasteiger partial charge in [-0.1, -0.05) is 28.1 Å². The molecule has 2 aliphatic heterocycles. The third-order valence-electron chi connectivity index (χ3n) is 5.54. The third-order valence-corrected chi connectivity index (χ3v) is 6.04. The van der Waals surface area contributed by atoms with E-state index in [0.717, 1.165) is 38.4 Å². The second kappa shape index (κ2) is 7.70. The molecule has 0 amide bonds. The number of ether oxygens (including phenoxy) is 2. The van der Waals surface area contributed by atoms with Crippen molar-refractivity contribution in [2.24, 2.45) is 5.10 Å². The predicted molar refractivity (Wildman–Crippen MR) is 119 cm³/mol. The Morgan fingerprint density at radius 1 is 1.16 bits per heavy atom. The molecule has 0 saturated carbocycles. The van der Waals surface area contributed by atoms with Gasteiger partial charge in [0.05, 0.1) is 23.8 Å². The summed E-state index contributed by atoms with van der Waals surface area (Å²) >= 11 is 3.56. The van der Waals surface area contributed by atoms with Gasteiger partial charge in [0, 0.05) is 39.7 Å². The van der Waals surface area contributed by atoms with Crippen LogP contribution in [0.2, 0.25) is 0 Å². The minimum atomic E-state index is -0.484. The second-order valence-corrected chi connectivity index (χ2v) is 8.30. The number of non-ortho nitro benzene ring substituents is 1. The average molecular weight is 480 g/mol. The maximum Gasteiger partial charge on any atom is 0.269 e. The van der Waals surface area contributed by atoms with Crippen LogP contribution in [0.25, 0.3) is 0 Å². The molecule has 0 aliphatic carbocycles. The maximum absolute atomic E-state index is 11.0. The lowest BCUT2D eigenvalue weighted by Gasteiger charge is -2.38. The number of nitrogens with zero attached hydrogens (tertiary/aromatic N) is 3. The molecule has 8 heteroatoms. The topological polar surface area (TPSA) is 77.2 Å². The van der Waals surface area contributed by atoms with Crippen LogP contribution in [-0.4, -0.2) is 22.8 Å². The molecule has 7 nitrogen and oxygen atoms in total. The standard InChI is InChI=1S/C23H18BrN3O4/c1-30-18-4-2-3-15(11-18)20-13-21-19-12-16(24)7-10-22(19)31-23(26(21)25-20)14-5-8-17(9-6-14)27(28)29/h2-12,21,23H,13H2,1H3. The van der Waals surface area contributed by atoms with Gasteiger partial charge in [-0.25, -0.2) is 5.01 Å². The molecule has 2 aliphatic rings. The number of hydrogen-bond donors (Lipinski definition) is 0. The normalized spacial score (nSPS) is 19.2. The number of nitro benzene ring substituents is 1. The van der Waals surface area contributed by atoms with Crippen molar-refractivity contribution in [2.75, 3.05) is 7.11 Å². The van der Waals surface area contributed by atoms with Gasteiger partial charge in [-0.3, -0.25) is 10.1 Å². The van der Waals surface area contributed by atoms with Gasteiger partial charge in [0.15, 0.2) is 0 Å². The molecule has 0 bridgehead atoms. The molecule has 2 heterocycles. The van der Waals surface area contributed by atoms with E-state index >= 15 is 0 Å². The van der Waals surface area contributed by atoms with Crippen LogP contribution >= 0.6 is 15.9 Å². The van der Waals surface area contributed by atoms with Gasteiger partial charge in [0.2, 0.25) is 6.23 Å². The number of benzene rings is 3. The van der Waals surface area contributed by atoms with E-state index in [4.69, 9.17) is 14.6 Å². The van der Waals surface area contributed by atoms with Crippen molar-refractivity contribution in [3.8, 4) is 11.5 Å². The van der Waals surface area contributed by atoms with E-state index in [1.807, 2.05) is 41.4 Å². The van der Waals surface area contributed by atoms with Crippen LogP contribution in [0.5, 0.6) is 11.5 Å². The number of nitro groups is 1. The zero-order valence-corrected chi connectivity index (χ0v) is 18.2. The molecule has 3 aromatic rings. The third kappa shape index (κ3) is 3.53. The predicted octanol–water partition coefficient (Wildman–Crippen LogP) is 5.61. The first-order valence-electron chi connectivity index (χ1n) is 9.74. The number of rotatable bonds is 4. The van der Waals surface area contributed by atoms with Crippen molar-refractivity contribution in [3.05, 3.63) is 98.0 Å². The van der Waals surface area contributed by atoms with E-state index in [1.165, 1.54) is 12.1 Å². The van der Waals surface area contributed by atoms with Crippen molar-refractivity contribution in [1.82, 2.24) is 5.01 Å². The molecule has 0 radical (unpaired) electrons. The van der Waals surface area contributed by atoms with E-state index in [2.05, 4.69) is 22.0 Å². The highest BCUT2D eigenvalue weighted by Crippen LogP contribution is 2.48. The fourth-order valence-corrected chi connectivity index (χ4v) is 4.39. The van der Waals surface area contributed by atoms with Crippen molar-refractivity contribution in [2.45, 2.75) is 18.7 Å². The zero-order chi connectivity index (χ0) is 21.5. The van der Waals surface area contributed by atoms with Crippen LogP contribution in [-0.2, 0) is 0 Å². The van der Waals surface area contributed by atoms with E-state index < -0.39 is 11.2 Å². The Hall–Kier alpha value is -3.39. The highest BCUT2D eigenvalue weighted by atomic mass is 79.9. The summed E-state index contributed by atoms with van der Waals surface area (Å²) in [5, 5.41) is 17.9. The first-order chi connectivity index (χ1) is 15.0. The van der Waals surface area contributed by atoms with Crippen molar-refractivity contribution < 1.29 is 14.4 Å². The van der Waals surface area contributed by atoms with Crippen LogP contribution in [0.3, 0.4) is 0 Å². The quantitative estimate of drug-likeness (QED) is 0.359. The van der Waals surface area contributed by atoms with E-state index in [9.17, 15) is 10.1 Å².